The number of nitro benzene ring substituents is 1. The number of non-ortho nitro benzene ring substituents is 1. The van der Waals surface area contributed by atoms with E-state index in [9.17, 15) is 24.5 Å². The molecule has 1 aliphatic carbocycles. The number of carbonyl (C=O) groups is 3. The van der Waals surface area contributed by atoms with E-state index in [1.165, 1.54) is 12.0 Å². The molecule has 0 heterocycles. The van der Waals surface area contributed by atoms with E-state index in [0.29, 0.717) is 6.54 Å². The third-order valence-electron chi connectivity index (χ3n) is 4.27. The third kappa shape index (κ3) is 6.19. The minimum Gasteiger partial charge on any atom is -0.465 e. The average molecular weight is 390 g/mol. The van der Waals surface area contributed by atoms with Crippen LogP contribution in [0.4, 0.5) is 5.69 Å². The Hall–Kier alpha value is -3.23. The lowest BCUT2D eigenvalue weighted by Gasteiger charge is -2.13. The van der Waals surface area contributed by atoms with Crippen LogP contribution in [0.2, 0.25) is 0 Å². The molecule has 1 N–H and O–H groups in total. The molecule has 28 heavy (non-hydrogen) atoms. The van der Waals surface area contributed by atoms with Gasteiger partial charge in [0, 0.05) is 18.7 Å². The molecule has 1 amide bonds. The Labute approximate surface area is 161 Å². The minimum atomic E-state index is -0.945. The fourth-order valence-corrected chi connectivity index (χ4v) is 2.83. The maximum atomic E-state index is 12.1. The van der Waals surface area contributed by atoms with Crippen LogP contribution in [0, 0.1) is 10.1 Å². The number of nitrogens with one attached hydrogen (secondary N) is 1. The maximum Gasteiger partial charge on any atom is 0.338 e. The standard InChI is InChI=1S/C19H22N2O7/c1-27-18(23)14-9-15(11-16(10-14)21(25)26)19(24)28-12-17(22)20-8-7-13-5-3-2-4-6-13/h5,9-11H,2-4,6-8,12H2,1H3,(H,20,22). The second-order valence-corrected chi connectivity index (χ2v) is 6.30. The largest absolute Gasteiger partial charge is 0.465 e. The molecule has 0 bridgehead atoms. The van der Waals surface area contributed by atoms with Gasteiger partial charge in [-0.05, 0) is 38.2 Å². The first-order valence-corrected chi connectivity index (χ1v) is 8.90. The van der Waals surface area contributed by atoms with Gasteiger partial charge in [-0.15, -0.1) is 0 Å². The minimum absolute atomic E-state index is 0.158. The number of methoxy groups -OCH3 is 1. The van der Waals surface area contributed by atoms with Crippen molar-refractivity contribution in [2.45, 2.75) is 32.1 Å². The van der Waals surface area contributed by atoms with Gasteiger partial charge < -0.3 is 14.8 Å². The van der Waals surface area contributed by atoms with Crippen molar-refractivity contribution < 1.29 is 28.8 Å². The van der Waals surface area contributed by atoms with Crippen LogP contribution in [-0.2, 0) is 14.3 Å². The van der Waals surface area contributed by atoms with Crippen LogP contribution in [0.5, 0.6) is 0 Å². The summed E-state index contributed by atoms with van der Waals surface area (Å²) in [5.74, 6) is -2.24. The Balaban J connectivity index is 1.90. The van der Waals surface area contributed by atoms with Crippen molar-refractivity contribution >= 4 is 23.5 Å². The quantitative estimate of drug-likeness (QED) is 0.313. The molecule has 0 atom stereocenters. The Morgan fingerprint density at radius 3 is 2.46 bits per heavy atom. The molecule has 9 nitrogen and oxygen atoms in total. The number of hydrogen-bond donors (Lipinski definition) is 1. The van der Waals surface area contributed by atoms with Crippen LogP contribution in [0.3, 0.4) is 0 Å². The summed E-state index contributed by atoms with van der Waals surface area (Å²) in [5.41, 5.74) is 0.485. The number of benzene rings is 1. The Morgan fingerprint density at radius 2 is 1.86 bits per heavy atom. The van der Waals surface area contributed by atoms with Gasteiger partial charge in [-0.25, -0.2) is 9.59 Å². The molecule has 2 rings (SSSR count). The van der Waals surface area contributed by atoms with Crippen LogP contribution in [0.15, 0.2) is 29.8 Å². The highest BCUT2D eigenvalue weighted by atomic mass is 16.6. The van der Waals surface area contributed by atoms with Crippen molar-refractivity contribution in [2.24, 2.45) is 0 Å². The molecule has 150 valence electrons. The van der Waals surface area contributed by atoms with Crippen molar-refractivity contribution in [3.05, 3.63) is 51.1 Å². The smallest absolute Gasteiger partial charge is 0.338 e. The molecule has 0 unspecified atom stereocenters. The summed E-state index contributed by atoms with van der Waals surface area (Å²) in [5, 5.41) is 13.7. The van der Waals surface area contributed by atoms with E-state index in [4.69, 9.17) is 4.74 Å². The highest BCUT2D eigenvalue weighted by Crippen LogP contribution is 2.20. The van der Waals surface area contributed by atoms with Crippen LogP contribution < -0.4 is 5.32 Å². The lowest BCUT2D eigenvalue weighted by Crippen LogP contribution is -2.30. The number of esters is 2. The van der Waals surface area contributed by atoms with E-state index in [0.717, 1.165) is 51.0 Å². The Morgan fingerprint density at radius 1 is 1.14 bits per heavy atom. The Bertz CT molecular complexity index is 801. The lowest BCUT2D eigenvalue weighted by atomic mass is 9.97. The lowest BCUT2D eigenvalue weighted by molar-refractivity contribution is -0.384. The van der Waals surface area contributed by atoms with E-state index in [2.05, 4.69) is 16.1 Å². The highest BCUT2D eigenvalue weighted by molar-refractivity contribution is 5.97. The number of nitro groups is 1. The predicted octanol–water partition coefficient (Wildman–Crippen LogP) is 2.54. The van der Waals surface area contributed by atoms with Gasteiger partial charge >= 0.3 is 11.9 Å². The molecule has 0 spiro atoms. The number of amides is 1. The van der Waals surface area contributed by atoms with E-state index in [1.54, 1.807) is 0 Å². The van der Waals surface area contributed by atoms with Crippen LogP contribution >= 0.6 is 0 Å². The zero-order valence-electron chi connectivity index (χ0n) is 15.6. The van der Waals surface area contributed by atoms with Gasteiger partial charge in [0.05, 0.1) is 23.2 Å². The molecule has 9 heteroatoms. The zero-order valence-corrected chi connectivity index (χ0v) is 15.6. The molecule has 0 aliphatic heterocycles. The molecule has 0 saturated heterocycles. The number of nitrogens with zero attached hydrogens (tertiary/aromatic N) is 1. The maximum absolute atomic E-state index is 12.1. The van der Waals surface area contributed by atoms with Gasteiger partial charge in [0.15, 0.2) is 6.61 Å². The van der Waals surface area contributed by atoms with Crippen LogP contribution in [0.1, 0.15) is 52.8 Å². The second-order valence-electron chi connectivity index (χ2n) is 6.30. The summed E-state index contributed by atoms with van der Waals surface area (Å²) < 4.78 is 9.41. The van der Waals surface area contributed by atoms with Crippen LogP contribution in [0.25, 0.3) is 0 Å². The SMILES string of the molecule is COC(=O)c1cc(C(=O)OCC(=O)NCCC2=CCCCC2)cc([N+](=O)[O-])c1. The average Bonchev–Trinajstić information content (AvgIpc) is 2.71. The predicted molar refractivity (Wildman–Crippen MR) is 98.9 cm³/mol. The molecule has 0 saturated carbocycles. The molecular weight excluding hydrogens is 368 g/mol. The number of allylic oxidation sites excluding steroid dienone is 1. The van der Waals surface area contributed by atoms with Crippen molar-refractivity contribution in [3.8, 4) is 0 Å². The highest BCUT2D eigenvalue weighted by Gasteiger charge is 2.20. The monoisotopic (exact) mass is 390 g/mol. The molecule has 1 aliphatic rings. The van der Waals surface area contributed by atoms with Gasteiger partial charge in [0.25, 0.3) is 11.6 Å². The normalized spacial score (nSPS) is 13.2. The molecule has 1 aromatic rings. The van der Waals surface area contributed by atoms with Crippen molar-refractivity contribution in [2.75, 3.05) is 20.3 Å². The van der Waals surface area contributed by atoms with Gasteiger partial charge in [0.2, 0.25) is 0 Å². The fourth-order valence-electron chi connectivity index (χ4n) is 2.83. The summed E-state index contributed by atoms with van der Waals surface area (Å²) in [6, 6.07) is 3.09. The molecular formula is C19H22N2O7. The molecule has 0 radical (unpaired) electrons. The van der Waals surface area contributed by atoms with E-state index < -0.39 is 35.1 Å². The number of rotatable bonds is 8. The van der Waals surface area contributed by atoms with Crippen LogP contribution in [-0.4, -0.2) is 43.0 Å². The van der Waals surface area contributed by atoms with Gasteiger partial charge in [-0.3, -0.25) is 14.9 Å². The first-order chi connectivity index (χ1) is 13.4. The number of ether oxygens (including phenoxy) is 2. The topological polar surface area (TPSA) is 125 Å². The summed E-state index contributed by atoms with van der Waals surface area (Å²) >= 11 is 0. The van der Waals surface area contributed by atoms with Crippen molar-refractivity contribution in [3.63, 3.8) is 0 Å². The molecule has 0 fully saturated rings. The summed E-state index contributed by atoms with van der Waals surface area (Å²) in [6.45, 7) is -0.0698. The van der Waals surface area contributed by atoms with E-state index in [1.807, 2.05) is 0 Å². The van der Waals surface area contributed by atoms with Gasteiger partial charge in [-0.2, -0.15) is 0 Å². The van der Waals surface area contributed by atoms with Gasteiger partial charge in [0.1, 0.15) is 0 Å². The number of carbonyl (C=O) groups excluding carboxylic acids is 3. The Kier molecular flexibility index (Phi) is 7.67. The van der Waals surface area contributed by atoms with E-state index in [-0.39, 0.29) is 11.1 Å². The summed E-state index contributed by atoms with van der Waals surface area (Å²) in [4.78, 5) is 45.8. The van der Waals surface area contributed by atoms with Crippen molar-refractivity contribution in [1.29, 1.82) is 0 Å². The third-order valence-corrected chi connectivity index (χ3v) is 4.27. The first-order valence-electron chi connectivity index (χ1n) is 8.90. The molecule has 0 aromatic heterocycles. The molecule has 1 aromatic carbocycles. The zero-order chi connectivity index (χ0) is 20.5. The summed E-state index contributed by atoms with van der Waals surface area (Å²) in [7, 11) is 1.12. The first kappa shape index (κ1) is 21.1. The fraction of sp³-hybridized carbons (Fsp3) is 0.421. The summed E-state index contributed by atoms with van der Waals surface area (Å²) in [6.07, 6.45) is 7.41. The van der Waals surface area contributed by atoms with E-state index >= 15 is 0 Å². The number of hydrogen-bond acceptors (Lipinski definition) is 7. The van der Waals surface area contributed by atoms with Crippen molar-refractivity contribution in [1.82, 2.24) is 5.32 Å². The second kappa shape index (κ2) is 10.2. The van der Waals surface area contributed by atoms with Gasteiger partial charge in [-0.1, -0.05) is 11.6 Å².